The van der Waals surface area contributed by atoms with Crippen molar-refractivity contribution in [1.29, 1.82) is 0 Å². The van der Waals surface area contributed by atoms with Gasteiger partial charge in [0.15, 0.2) is 5.54 Å². The SMILES string of the molecule is C=CCOc1ccc(C(O)=C2C(=O)C(=O)N(C[C@H]3CCCO3)[C@@]23C(=O)N(C)c2ccccc23)cc1C. The van der Waals surface area contributed by atoms with Gasteiger partial charge in [-0.05, 0) is 49.6 Å². The molecule has 8 nitrogen and oxygen atoms in total. The average molecular weight is 489 g/mol. The summed E-state index contributed by atoms with van der Waals surface area (Å²) in [5.74, 6) is -1.99. The van der Waals surface area contributed by atoms with Gasteiger partial charge >= 0.3 is 0 Å². The van der Waals surface area contributed by atoms with Gasteiger partial charge in [0, 0.05) is 37.0 Å². The molecule has 1 N–H and O–H groups in total. The predicted octanol–water partition coefficient (Wildman–Crippen LogP) is 3.29. The van der Waals surface area contributed by atoms with Gasteiger partial charge < -0.3 is 24.4 Å². The number of para-hydroxylation sites is 1. The summed E-state index contributed by atoms with van der Waals surface area (Å²) in [5.41, 5.74) is 0.0931. The van der Waals surface area contributed by atoms with Crippen LogP contribution in [0.5, 0.6) is 5.75 Å². The van der Waals surface area contributed by atoms with Gasteiger partial charge in [0.05, 0.1) is 11.7 Å². The van der Waals surface area contributed by atoms with Crippen LogP contribution in [0.25, 0.3) is 5.76 Å². The van der Waals surface area contributed by atoms with Gasteiger partial charge in [-0.3, -0.25) is 14.4 Å². The van der Waals surface area contributed by atoms with Gasteiger partial charge in [-0.2, -0.15) is 0 Å². The molecule has 2 atom stereocenters. The molecule has 2 saturated heterocycles. The van der Waals surface area contributed by atoms with E-state index in [0.29, 0.717) is 35.8 Å². The summed E-state index contributed by atoms with van der Waals surface area (Å²) in [4.78, 5) is 43.8. The van der Waals surface area contributed by atoms with Crippen LogP contribution in [0.2, 0.25) is 0 Å². The minimum absolute atomic E-state index is 0.0721. The third-order valence-corrected chi connectivity index (χ3v) is 7.15. The molecule has 2 aromatic carbocycles. The fraction of sp³-hybridized carbons (Fsp3) is 0.321. The number of carbonyl (C=O) groups excluding carboxylic acids is 3. The Balaban J connectivity index is 1.72. The Kier molecular flexibility index (Phi) is 5.92. The quantitative estimate of drug-likeness (QED) is 0.290. The number of amides is 2. The van der Waals surface area contributed by atoms with Crippen molar-refractivity contribution < 1.29 is 29.0 Å². The van der Waals surface area contributed by atoms with E-state index in [4.69, 9.17) is 9.47 Å². The number of aryl methyl sites for hydroxylation is 1. The molecule has 0 radical (unpaired) electrons. The number of hydrogen-bond donors (Lipinski definition) is 1. The third kappa shape index (κ3) is 3.36. The van der Waals surface area contributed by atoms with E-state index < -0.39 is 28.9 Å². The van der Waals surface area contributed by atoms with Gasteiger partial charge in [-0.15, -0.1) is 0 Å². The lowest BCUT2D eigenvalue weighted by atomic mass is 9.81. The van der Waals surface area contributed by atoms with E-state index in [2.05, 4.69) is 6.58 Å². The van der Waals surface area contributed by atoms with Crippen LogP contribution in [0.3, 0.4) is 0 Å². The Morgan fingerprint density at radius 1 is 1.25 bits per heavy atom. The molecule has 2 amide bonds. The molecule has 36 heavy (non-hydrogen) atoms. The second-order valence-electron chi connectivity index (χ2n) is 9.28. The highest BCUT2D eigenvalue weighted by atomic mass is 16.5. The fourth-order valence-corrected chi connectivity index (χ4v) is 5.47. The van der Waals surface area contributed by atoms with E-state index in [1.54, 1.807) is 55.6 Å². The van der Waals surface area contributed by atoms with Crippen molar-refractivity contribution in [2.45, 2.75) is 31.4 Å². The van der Waals surface area contributed by atoms with E-state index >= 15 is 0 Å². The predicted molar refractivity (Wildman–Crippen MR) is 134 cm³/mol. The first-order valence-corrected chi connectivity index (χ1v) is 12.0. The molecule has 1 spiro atoms. The first kappa shape index (κ1) is 23.8. The normalized spacial score (nSPS) is 24.6. The maximum Gasteiger partial charge on any atom is 0.296 e. The number of Topliss-reactive ketones (excluding diaryl/α,β-unsaturated/α-hetero) is 1. The molecule has 0 aromatic heterocycles. The second-order valence-corrected chi connectivity index (χ2v) is 9.28. The molecule has 2 fully saturated rings. The Labute approximate surface area is 209 Å². The monoisotopic (exact) mass is 488 g/mol. The van der Waals surface area contributed by atoms with Crippen LogP contribution in [-0.4, -0.2) is 60.5 Å². The number of ether oxygens (including phenoxy) is 2. The molecule has 0 aliphatic carbocycles. The standard InChI is InChI=1S/C28H28N2O6/c1-4-13-36-22-12-11-18(15-17(22)2)24(31)23-25(32)26(33)30(16-19-8-7-14-35-19)28(23)20-9-5-6-10-21(20)29(3)27(28)34/h4-6,9-12,15,19,31H,1,7-8,13-14,16H2,2-3H3/t19-,28-/m1/s1. The number of anilines is 1. The van der Waals surface area contributed by atoms with Crippen molar-refractivity contribution in [3.8, 4) is 5.75 Å². The zero-order valence-electron chi connectivity index (χ0n) is 20.3. The summed E-state index contributed by atoms with van der Waals surface area (Å²) in [5, 5.41) is 11.6. The van der Waals surface area contributed by atoms with Crippen molar-refractivity contribution in [2.75, 3.05) is 31.7 Å². The summed E-state index contributed by atoms with van der Waals surface area (Å²) in [6.45, 7) is 6.41. The Morgan fingerprint density at radius 2 is 2.03 bits per heavy atom. The topological polar surface area (TPSA) is 96.4 Å². The molecule has 2 aromatic rings. The lowest BCUT2D eigenvalue weighted by Crippen LogP contribution is -2.53. The molecular weight excluding hydrogens is 460 g/mol. The maximum absolute atomic E-state index is 14.0. The summed E-state index contributed by atoms with van der Waals surface area (Å²) < 4.78 is 11.4. The van der Waals surface area contributed by atoms with E-state index in [1.165, 1.54) is 9.80 Å². The molecular formula is C28H28N2O6. The Hall–Kier alpha value is -3.91. The number of likely N-dealkylation sites (tertiary alicyclic amines) is 1. The second kappa shape index (κ2) is 8.95. The highest BCUT2D eigenvalue weighted by molar-refractivity contribution is 6.50. The number of fused-ring (bicyclic) bond motifs is 2. The van der Waals surface area contributed by atoms with Crippen molar-refractivity contribution in [3.63, 3.8) is 0 Å². The summed E-state index contributed by atoms with van der Waals surface area (Å²) in [6, 6.07) is 12.0. The average Bonchev–Trinajstić information content (AvgIpc) is 3.53. The van der Waals surface area contributed by atoms with Crippen LogP contribution in [-0.2, 0) is 24.7 Å². The number of likely N-dealkylation sites (N-methyl/N-ethyl adjacent to an activating group) is 1. The van der Waals surface area contributed by atoms with Crippen LogP contribution in [0.1, 0.15) is 29.5 Å². The van der Waals surface area contributed by atoms with E-state index in [9.17, 15) is 19.5 Å². The van der Waals surface area contributed by atoms with Crippen LogP contribution in [0.15, 0.2) is 60.7 Å². The Morgan fingerprint density at radius 3 is 2.72 bits per heavy atom. The largest absolute Gasteiger partial charge is 0.507 e. The Bertz CT molecular complexity index is 1310. The van der Waals surface area contributed by atoms with Gasteiger partial charge in [-0.25, -0.2) is 0 Å². The number of hydrogen-bond acceptors (Lipinski definition) is 6. The van der Waals surface area contributed by atoms with Crippen LogP contribution < -0.4 is 9.64 Å². The van der Waals surface area contributed by atoms with Crippen LogP contribution >= 0.6 is 0 Å². The lowest BCUT2D eigenvalue weighted by molar-refractivity contribution is -0.145. The minimum Gasteiger partial charge on any atom is -0.507 e. The summed E-state index contributed by atoms with van der Waals surface area (Å²) in [7, 11) is 1.61. The van der Waals surface area contributed by atoms with E-state index in [0.717, 1.165) is 18.4 Å². The number of benzene rings is 2. The van der Waals surface area contributed by atoms with E-state index in [-0.39, 0.29) is 18.2 Å². The highest BCUT2D eigenvalue weighted by Gasteiger charge is 2.67. The zero-order valence-corrected chi connectivity index (χ0v) is 20.3. The minimum atomic E-state index is -1.78. The smallest absolute Gasteiger partial charge is 0.296 e. The molecule has 3 aliphatic heterocycles. The van der Waals surface area contributed by atoms with Gasteiger partial charge in [0.2, 0.25) is 0 Å². The summed E-state index contributed by atoms with van der Waals surface area (Å²) >= 11 is 0. The summed E-state index contributed by atoms with van der Waals surface area (Å²) in [6.07, 6.45) is 2.89. The number of carbonyl (C=O) groups is 3. The molecule has 3 aliphatic rings. The number of rotatable bonds is 6. The number of ketones is 1. The van der Waals surface area contributed by atoms with E-state index in [1.807, 2.05) is 6.92 Å². The number of aliphatic hydroxyl groups excluding tert-OH is 1. The lowest BCUT2D eigenvalue weighted by Gasteiger charge is -2.35. The highest BCUT2D eigenvalue weighted by Crippen LogP contribution is 2.53. The first-order chi connectivity index (χ1) is 17.3. The van der Waals surface area contributed by atoms with Crippen LogP contribution in [0.4, 0.5) is 5.69 Å². The zero-order chi connectivity index (χ0) is 25.6. The molecule has 5 rings (SSSR count). The third-order valence-electron chi connectivity index (χ3n) is 7.15. The first-order valence-electron chi connectivity index (χ1n) is 12.0. The maximum atomic E-state index is 14.0. The fourth-order valence-electron chi connectivity index (χ4n) is 5.47. The number of aliphatic hydroxyl groups is 1. The van der Waals surface area contributed by atoms with Gasteiger partial charge in [0.1, 0.15) is 18.1 Å². The van der Waals surface area contributed by atoms with Gasteiger partial charge in [0.25, 0.3) is 17.6 Å². The van der Waals surface area contributed by atoms with Gasteiger partial charge in [-0.1, -0.05) is 30.9 Å². The van der Waals surface area contributed by atoms with Crippen molar-refractivity contribution >= 4 is 29.0 Å². The van der Waals surface area contributed by atoms with Crippen molar-refractivity contribution in [3.05, 3.63) is 77.4 Å². The van der Waals surface area contributed by atoms with Crippen molar-refractivity contribution in [2.24, 2.45) is 0 Å². The van der Waals surface area contributed by atoms with Crippen LogP contribution in [0, 0.1) is 6.92 Å². The molecule has 0 saturated carbocycles. The molecule has 186 valence electrons. The number of nitrogens with zero attached hydrogens (tertiary/aromatic N) is 2. The molecule has 0 unspecified atom stereocenters. The van der Waals surface area contributed by atoms with Crippen molar-refractivity contribution in [1.82, 2.24) is 4.90 Å². The molecule has 8 heteroatoms. The molecule has 3 heterocycles. The molecule has 0 bridgehead atoms.